The Bertz CT molecular complexity index is 510. The third kappa shape index (κ3) is 2.92. The summed E-state index contributed by atoms with van der Waals surface area (Å²) in [5.74, 6) is 0.236. The molecule has 1 N–H and O–H groups in total. The molecule has 2 heterocycles. The van der Waals surface area contributed by atoms with Crippen LogP contribution >= 0.6 is 0 Å². The molecule has 21 heavy (non-hydrogen) atoms. The van der Waals surface area contributed by atoms with Crippen LogP contribution in [0.2, 0.25) is 0 Å². The smallest absolute Gasteiger partial charge is 0.256 e. The molecule has 1 unspecified atom stereocenters. The molecule has 0 spiro atoms. The molecule has 3 heteroatoms. The van der Waals surface area contributed by atoms with Gasteiger partial charge in [0, 0.05) is 19.1 Å². The van der Waals surface area contributed by atoms with Crippen molar-refractivity contribution in [1.82, 2.24) is 4.90 Å². The quantitative estimate of drug-likeness (QED) is 0.915. The molecule has 1 saturated heterocycles. The van der Waals surface area contributed by atoms with E-state index in [-0.39, 0.29) is 5.91 Å². The number of amides is 1. The number of rotatable bonds is 3. The Morgan fingerprint density at radius 3 is 3.10 bits per heavy atom. The van der Waals surface area contributed by atoms with Gasteiger partial charge < -0.3 is 10.2 Å². The van der Waals surface area contributed by atoms with Gasteiger partial charge >= 0.3 is 0 Å². The van der Waals surface area contributed by atoms with E-state index in [1.807, 2.05) is 12.1 Å². The Labute approximate surface area is 127 Å². The third-order valence-electron chi connectivity index (χ3n) is 4.82. The van der Waals surface area contributed by atoms with Crippen LogP contribution in [0.3, 0.4) is 0 Å². The van der Waals surface area contributed by atoms with Gasteiger partial charge in [0.1, 0.15) is 0 Å². The molecule has 0 aromatic heterocycles. The summed E-state index contributed by atoms with van der Waals surface area (Å²) in [7, 11) is 0. The van der Waals surface area contributed by atoms with E-state index in [1.54, 1.807) is 0 Å². The maximum atomic E-state index is 13.0. The van der Waals surface area contributed by atoms with Gasteiger partial charge in [-0.3, -0.25) is 4.79 Å². The number of carbonyl (C=O) groups excluding carboxylic acids is 1. The Morgan fingerprint density at radius 1 is 1.33 bits per heavy atom. The molecule has 1 atom stereocenters. The van der Waals surface area contributed by atoms with Crippen LogP contribution in [0.1, 0.15) is 61.4 Å². The molecule has 0 aliphatic carbocycles. The highest BCUT2D eigenvalue weighted by molar-refractivity contribution is 6.00. The molecule has 1 fully saturated rings. The SMILES string of the molecule is CCCC1CCCCN1C(=O)c1cccc2c1NCCC2. The largest absolute Gasteiger partial charge is 0.384 e. The van der Waals surface area contributed by atoms with E-state index in [0.717, 1.165) is 56.4 Å². The van der Waals surface area contributed by atoms with Crippen molar-refractivity contribution < 1.29 is 4.79 Å². The highest BCUT2D eigenvalue weighted by Gasteiger charge is 2.29. The second-order valence-electron chi connectivity index (χ2n) is 6.31. The van der Waals surface area contributed by atoms with Crippen LogP contribution in [0.25, 0.3) is 0 Å². The van der Waals surface area contributed by atoms with Gasteiger partial charge in [0.2, 0.25) is 0 Å². The summed E-state index contributed by atoms with van der Waals surface area (Å²) in [6, 6.07) is 6.63. The first-order chi connectivity index (χ1) is 10.3. The third-order valence-corrected chi connectivity index (χ3v) is 4.82. The van der Waals surface area contributed by atoms with Crippen LogP contribution in [-0.4, -0.2) is 29.9 Å². The Balaban J connectivity index is 1.87. The van der Waals surface area contributed by atoms with Gasteiger partial charge in [-0.25, -0.2) is 0 Å². The van der Waals surface area contributed by atoms with Crippen molar-refractivity contribution in [2.75, 3.05) is 18.4 Å². The summed E-state index contributed by atoms with van der Waals surface area (Å²) in [5, 5.41) is 3.45. The number of hydrogen-bond acceptors (Lipinski definition) is 2. The molecule has 1 aromatic rings. The van der Waals surface area contributed by atoms with Crippen LogP contribution in [0.15, 0.2) is 18.2 Å². The lowest BCUT2D eigenvalue weighted by Gasteiger charge is -2.36. The fourth-order valence-corrected chi connectivity index (χ4v) is 3.74. The number of benzene rings is 1. The van der Waals surface area contributed by atoms with Gasteiger partial charge in [-0.05, 0) is 50.2 Å². The number of anilines is 1. The number of nitrogens with zero attached hydrogens (tertiary/aromatic N) is 1. The number of likely N-dealkylation sites (tertiary alicyclic amines) is 1. The number of fused-ring (bicyclic) bond motifs is 1. The van der Waals surface area contributed by atoms with Crippen LogP contribution in [-0.2, 0) is 6.42 Å². The van der Waals surface area contributed by atoms with Crippen molar-refractivity contribution in [3.63, 3.8) is 0 Å². The van der Waals surface area contributed by atoms with Crippen LogP contribution < -0.4 is 5.32 Å². The first-order valence-corrected chi connectivity index (χ1v) is 8.48. The summed E-state index contributed by atoms with van der Waals surface area (Å²) in [4.78, 5) is 15.2. The molecule has 1 aromatic carbocycles. The zero-order chi connectivity index (χ0) is 14.7. The minimum Gasteiger partial charge on any atom is -0.384 e. The fraction of sp³-hybridized carbons (Fsp3) is 0.611. The van der Waals surface area contributed by atoms with E-state index < -0.39 is 0 Å². The molecular weight excluding hydrogens is 260 g/mol. The Morgan fingerprint density at radius 2 is 2.24 bits per heavy atom. The molecule has 0 radical (unpaired) electrons. The molecule has 2 aliphatic heterocycles. The van der Waals surface area contributed by atoms with Gasteiger partial charge in [-0.2, -0.15) is 0 Å². The lowest BCUT2D eigenvalue weighted by molar-refractivity contribution is 0.0601. The highest BCUT2D eigenvalue weighted by atomic mass is 16.2. The number of carbonyl (C=O) groups is 1. The second kappa shape index (κ2) is 6.50. The highest BCUT2D eigenvalue weighted by Crippen LogP contribution is 2.30. The average Bonchev–Trinajstić information content (AvgIpc) is 2.54. The molecule has 2 aliphatic rings. The van der Waals surface area contributed by atoms with E-state index >= 15 is 0 Å². The first kappa shape index (κ1) is 14.4. The number of piperidine rings is 1. The standard InChI is InChI=1S/C18H26N2O/c1-2-7-15-10-3-4-13-20(15)18(21)16-11-5-8-14-9-6-12-19-17(14)16/h5,8,11,15,19H,2-4,6-7,9-10,12-13H2,1H3. The maximum Gasteiger partial charge on any atom is 0.256 e. The van der Waals surface area contributed by atoms with Crippen LogP contribution in [0.4, 0.5) is 5.69 Å². The van der Waals surface area contributed by atoms with E-state index in [1.165, 1.54) is 18.4 Å². The van der Waals surface area contributed by atoms with Crippen molar-refractivity contribution in [2.45, 2.75) is 57.9 Å². The molecule has 3 nitrogen and oxygen atoms in total. The lowest BCUT2D eigenvalue weighted by atomic mass is 9.95. The fourth-order valence-electron chi connectivity index (χ4n) is 3.74. The predicted octanol–water partition coefficient (Wildman–Crippen LogP) is 3.84. The molecule has 0 bridgehead atoms. The molecule has 0 saturated carbocycles. The van der Waals surface area contributed by atoms with Crippen molar-refractivity contribution in [2.24, 2.45) is 0 Å². The van der Waals surface area contributed by atoms with E-state index in [2.05, 4.69) is 23.2 Å². The van der Waals surface area contributed by atoms with E-state index in [0.29, 0.717) is 6.04 Å². The van der Waals surface area contributed by atoms with Gasteiger partial charge in [0.15, 0.2) is 0 Å². The summed E-state index contributed by atoms with van der Waals surface area (Å²) in [5.41, 5.74) is 3.28. The van der Waals surface area contributed by atoms with E-state index in [4.69, 9.17) is 0 Å². The Hall–Kier alpha value is -1.51. The minimum atomic E-state index is 0.236. The zero-order valence-electron chi connectivity index (χ0n) is 13.0. The average molecular weight is 286 g/mol. The monoisotopic (exact) mass is 286 g/mol. The molecule has 3 rings (SSSR count). The van der Waals surface area contributed by atoms with Gasteiger partial charge in [-0.15, -0.1) is 0 Å². The number of hydrogen-bond donors (Lipinski definition) is 1. The second-order valence-corrected chi connectivity index (χ2v) is 6.31. The summed E-state index contributed by atoms with van der Waals surface area (Å²) in [6.07, 6.45) is 8.11. The normalized spacial score (nSPS) is 21.6. The molecular formula is C18H26N2O. The summed E-state index contributed by atoms with van der Waals surface area (Å²) < 4.78 is 0. The van der Waals surface area contributed by atoms with E-state index in [9.17, 15) is 4.79 Å². The van der Waals surface area contributed by atoms with Crippen LogP contribution in [0, 0.1) is 0 Å². The number of para-hydroxylation sites is 1. The maximum absolute atomic E-state index is 13.0. The van der Waals surface area contributed by atoms with Gasteiger partial charge in [0.05, 0.1) is 11.3 Å². The first-order valence-electron chi connectivity index (χ1n) is 8.48. The number of aryl methyl sites for hydroxylation is 1. The predicted molar refractivity (Wildman–Crippen MR) is 86.8 cm³/mol. The van der Waals surface area contributed by atoms with Crippen LogP contribution in [0.5, 0.6) is 0 Å². The van der Waals surface area contributed by atoms with Gasteiger partial charge in [-0.1, -0.05) is 25.5 Å². The lowest BCUT2D eigenvalue weighted by Crippen LogP contribution is -2.44. The zero-order valence-corrected chi connectivity index (χ0v) is 13.0. The number of nitrogens with one attached hydrogen (secondary N) is 1. The van der Waals surface area contributed by atoms with Crippen molar-refractivity contribution in [3.05, 3.63) is 29.3 Å². The summed E-state index contributed by atoms with van der Waals surface area (Å²) in [6.45, 7) is 4.12. The van der Waals surface area contributed by atoms with Crippen molar-refractivity contribution >= 4 is 11.6 Å². The van der Waals surface area contributed by atoms with Gasteiger partial charge in [0.25, 0.3) is 5.91 Å². The summed E-state index contributed by atoms with van der Waals surface area (Å²) >= 11 is 0. The minimum absolute atomic E-state index is 0.236. The van der Waals surface area contributed by atoms with Crippen molar-refractivity contribution in [3.8, 4) is 0 Å². The Kier molecular flexibility index (Phi) is 4.47. The molecule has 114 valence electrons. The van der Waals surface area contributed by atoms with Crippen molar-refractivity contribution in [1.29, 1.82) is 0 Å². The topological polar surface area (TPSA) is 32.3 Å². The molecule has 1 amide bonds.